The van der Waals surface area contributed by atoms with Gasteiger partial charge in [0.15, 0.2) is 0 Å². The van der Waals surface area contributed by atoms with Crippen LogP contribution >= 0.6 is 0 Å². The van der Waals surface area contributed by atoms with E-state index < -0.39 is 6.09 Å². The Morgan fingerprint density at radius 2 is 2.17 bits per heavy atom. The summed E-state index contributed by atoms with van der Waals surface area (Å²) in [6.45, 7) is 3.53. The highest BCUT2D eigenvalue weighted by atomic mass is 16.5. The van der Waals surface area contributed by atoms with Crippen LogP contribution in [0.1, 0.15) is 0 Å². The minimum atomic E-state index is -0.676. The predicted molar refractivity (Wildman–Crippen MR) is 69.0 cm³/mol. The van der Waals surface area contributed by atoms with E-state index in [4.69, 9.17) is 10.5 Å². The highest BCUT2D eigenvalue weighted by Gasteiger charge is 2.02. The fourth-order valence-electron chi connectivity index (χ4n) is 1.10. The molecule has 0 bridgehead atoms. The quantitative estimate of drug-likeness (QED) is 0.481. The van der Waals surface area contributed by atoms with Crippen LogP contribution in [-0.2, 0) is 4.74 Å². The molecule has 6 heteroatoms. The number of methoxy groups -OCH3 is 1. The summed E-state index contributed by atoms with van der Waals surface area (Å²) in [6.07, 6.45) is 0.779. The summed E-state index contributed by atoms with van der Waals surface area (Å²) in [6, 6.07) is 6.90. The number of nitrogens with two attached hydrogens (primary N) is 1. The van der Waals surface area contributed by atoms with Crippen molar-refractivity contribution in [1.82, 2.24) is 5.32 Å². The number of carbonyl (C=O) groups excluding carboxylic acids is 1. The number of nitrogens with zero attached hydrogens (tertiary/aromatic N) is 1. The van der Waals surface area contributed by atoms with E-state index in [1.165, 1.54) is 6.08 Å². The van der Waals surface area contributed by atoms with Crippen molar-refractivity contribution in [3.05, 3.63) is 36.9 Å². The van der Waals surface area contributed by atoms with Gasteiger partial charge in [-0.15, -0.1) is 0 Å². The topological polar surface area (TPSA) is 85.9 Å². The summed E-state index contributed by atoms with van der Waals surface area (Å²) in [7, 11) is 1.57. The number of alkyl carbamates (subject to hydrolysis) is 1. The van der Waals surface area contributed by atoms with Crippen molar-refractivity contribution >= 4 is 17.7 Å². The summed E-state index contributed by atoms with van der Waals surface area (Å²) < 4.78 is 9.69. The molecule has 0 unspecified atom stereocenters. The first-order chi connectivity index (χ1) is 8.65. The normalized spacial score (nSPS) is 10.6. The first-order valence-corrected chi connectivity index (χ1v) is 5.18. The molecule has 0 fully saturated rings. The lowest BCUT2D eigenvalue weighted by atomic mass is 10.3. The van der Waals surface area contributed by atoms with Crippen LogP contribution in [0.4, 0.5) is 10.5 Å². The van der Waals surface area contributed by atoms with E-state index in [9.17, 15) is 4.79 Å². The maximum absolute atomic E-state index is 11.1. The second-order valence-corrected chi connectivity index (χ2v) is 3.21. The van der Waals surface area contributed by atoms with E-state index >= 15 is 0 Å². The van der Waals surface area contributed by atoms with Gasteiger partial charge in [0.1, 0.15) is 12.4 Å². The molecule has 1 rings (SSSR count). The highest BCUT2D eigenvalue weighted by Crippen LogP contribution is 2.17. The number of hydrogen-bond acceptors (Lipinski definition) is 4. The predicted octanol–water partition coefficient (Wildman–Crippen LogP) is 1.55. The number of carbonyl (C=O) groups is 1. The van der Waals surface area contributed by atoms with Crippen LogP contribution in [0, 0.1) is 0 Å². The van der Waals surface area contributed by atoms with Crippen molar-refractivity contribution in [3.8, 4) is 5.75 Å². The van der Waals surface area contributed by atoms with Gasteiger partial charge in [0.25, 0.3) is 0 Å². The molecular formula is C12H15N3O3. The molecule has 0 spiro atoms. The van der Waals surface area contributed by atoms with E-state index in [2.05, 4.69) is 21.6 Å². The molecule has 0 saturated carbocycles. The van der Waals surface area contributed by atoms with Crippen LogP contribution in [-0.4, -0.2) is 25.8 Å². The summed E-state index contributed by atoms with van der Waals surface area (Å²) in [5, 5.41) is 2.28. The summed E-state index contributed by atoms with van der Waals surface area (Å²) >= 11 is 0. The van der Waals surface area contributed by atoms with Gasteiger partial charge in [-0.25, -0.2) is 9.79 Å². The van der Waals surface area contributed by atoms with E-state index in [-0.39, 0.29) is 12.6 Å². The molecule has 0 saturated heterocycles. The van der Waals surface area contributed by atoms with Crippen LogP contribution in [0.5, 0.6) is 5.75 Å². The second kappa shape index (κ2) is 6.95. The third kappa shape index (κ3) is 4.56. The maximum Gasteiger partial charge on any atom is 0.414 e. The van der Waals surface area contributed by atoms with Crippen LogP contribution < -0.4 is 15.8 Å². The molecule has 1 aromatic carbocycles. The van der Waals surface area contributed by atoms with Crippen molar-refractivity contribution < 1.29 is 14.3 Å². The molecule has 0 atom stereocenters. The third-order valence-corrected chi connectivity index (χ3v) is 1.88. The lowest BCUT2D eigenvalue weighted by Gasteiger charge is -2.04. The van der Waals surface area contributed by atoms with Crippen molar-refractivity contribution in [2.75, 3.05) is 13.7 Å². The monoisotopic (exact) mass is 249 g/mol. The molecule has 18 heavy (non-hydrogen) atoms. The zero-order valence-electron chi connectivity index (χ0n) is 10.1. The molecular weight excluding hydrogens is 234 g/mol. The summed E-state index contributed by atoms with van der Waals surface area (Å²) in [5.41, 5.74) is 6.12. The molecule has 0 aliphatic carbocycles. The van der Waals surface area contributed by atoms with E-state index in [1.54, 1.807) is 31.4 Å². The molecule has 0 aromatic heterocycles. The zero-order valence-corrected chi connectivity index (χ0v) is 10.1. The summed E-state index contributed by atoms with van der Waals surface area (Å²) in [5.74, 6) is 0.667. The van der Waals surface area contributed by atoms with Gasteiger partial charge in [0, 0.05) is 0 Å². The summed E-state index contributed by atoms with van der Waals surface area (Å²) in [4.78, 5) is 15.1. The van der Waals surface area contributed by atoms with Crippen LogP contribution in [0.25, 0.3) is 0 Å². The molecule has 3 N–H and O–H groups in total. The van der Waals surface area contributed by atoms with Gasteiger partial charge in [-0.05, 0) is 24.3 Å². The molecule has 0 heterocycles. The Bertz CT molecular complexity index is 440. The average Bonchev–Trinajstić information content (AvgIpc) is 2.37. The standard InChI is InChI=1S/C12H15N3O3/c1-3-8-18-12(16)15-11(13)14-9-4-6-10(17-2)7-5-9/h3-7H,1,8H2,2H3,(H3,13,14,15,16). The Labute approximate surface area is 105 Å². The van der Waals surface area contributed by atoms with Crippen molar-refractivity contribution in [3.63, 3.8) is 0 Å². The average molecular weight is 249 g/mol. The fourth-order valence-corrected chi connectivity index (χ4v) is 1.10. The minimum absolute atomic E-state index is 0.0470. The number of guanidine groups is 1. The highest BCUT2D eigenvalue weighted by molar-refractivity contribution is 5.94. The van der Waals surface area contributed by atoms with E-state index in [1.807, 2.05) is 0 Å². The molecule has 6 nitrogen and oxygen atoms in total. The minimum Gasteiger partial charge on any atom is -0.497 e. The van der Waals surface area contributed by atoms with Crippen LogP contribution in [0.2, 0.25) is 0 Å². The van der Waals surface area contributed by atoms with Gasteiger partial charge in [0.2, 0.25) is 5.96 Å². The van der Waals surface area contributed by atoms with Crippen molar-refractivity contribution in [2.24, 2.45) is 10.7 Å². The molecule has 0 aliphatic heterocycles. The third-order valence-electron chi connectivity index (χ3n) is 1.88. The maximum atomic E-state index is 11.1. The van der Waals surface area contributed by atoms with E-state index in [0.29, 0.717) is 11.4 Å². The smallest absolute Gasteiger partial charge is 0.414 e. The Morgan fingerprint density at radius 1 is 1.50 bits per heavy atom. The van der Waals surface area contributed by atoms with Crippen LogP contribution in [0.3, 0.4) is 0 Å². The Morgan fingerprint density at radius 3 is 2.72 bits per heavy atom. The van der Waals surface area contributed by atoms with Gasteiger partial charge in [0.05, 0.1) is 12.8 Å². The van der Waals surface area contributed by atoms with Crippen molar-refractivity contribution in [2.45, 2.75) is 0 Å². The number of rotatable bonds is 4. The van der Waals surface area contributed by atoms with E-state index in [0.717, 1.165) is 0 Å². The Balaban J connectivity index is 2.58. The van der Waals surface area contributed by atoms with Gasteiger partial charge in [-0.2, -0.15) is 0 Å². The largest absolute Gasteiger partial charge is 0.497 e. The zero-order chi connectivity index (χ0) is 13.4. The van der Waals surface area contributed by atoms with Crippen molar-refractivity contribution in [1.29, 1.82) is 0 Å². The molecule has 1 aromatic rings. The first-order valence-electron chi connectivity index (χ1n) is 5.18. The lowest BCUT2D eigenvalue weighted by Crippen LogP contribution is -2.36. The number of hydrogen-bond donors (Lipinski definition) is 2. The number of aliphatic imine (C=N–C) groups is 1. The number of ether oxygens (including phenoxy) is 2. The lowest BCUT2D eigenvalue weighted by molar-refractivity contribution is 0.164. The molecule has 0 radical (unpaired) electrons. The van der Waals surface area contributed by atoms with Gasteiger partial charge in [-0.1, -0.05) is 12.7 Å². The fraction of sp³-hybridized carbons (Fsp3) is 0.167. The molecule has 0 aliphatic rings. The molecule has 96 valence electrons. The molecule has 1 amide bonds. The van der Waals surface area contributed by atoms with Gasteiger partial charge < -0.3 is 15.2 Å². The first kappa shape index (κ1) is 13.6. The second-order valence-electron chi connectivity index (χ2n) is 3.21. The number of benzene rings is 1. The van der Waals surface area contributed by atoms with Gasteiger partial charge >= 0.3 is 6.09 Å². The number of amides is 1. The van der Waals surface area contributed by atoms with Gasteiger partial charge in [-0.3, -0.25) is 5.32 Å². The van der Waals surface area contributed by atoms with Crippen LogP contribution in [0.15, 0.2) is 41.9 Å². The Hall–Kier alpha value is -2.50. The SMILES string of the molecule is C=CCOC(=O)NC(N)=Nc1ccc(OC)cc1. The Kier molecular flexibility index (Phi) is 5.24. The number of nitrogens with one attached hydrogen (secondary N) is 1.